The van der Waals surface area contributed by atoms with Gasteiger partial charge in [0.05, 0.1) is 11.1 Å². The van der Waals surface area contributed by atoms with Gasteiger partial charge in [-0.1, -0.05) is 176 Å². The van der Waals surface area contributed by atoms with E-state index in [4.69, 9.17) is 0 Å². The maximum absolute atomic E-state index is 2.50. The number of fused-ring (bicyclic) bond motifs is 11. The molecule has 0 aromatic heterocycles. The van der Waals surface area contributed by atoms with Gasteiger partial charge >= 0.3 is 0 Å². The Morgan fingerprint density at radius 2 is 0.705 bits per heavy atom. The maximum atomic E-state index is 2.50. The molecule has 2 nitrogen and oxygen atoms in total. The topological polar surface area (TPSA) is 6.48 Å². The van der Waals surface area contributed by atoms with Gasteiger partial charge in [0.15, 0.2) is 0 Å². The summed E-state index contributed by atoms with van der Waals surface area (Å²) in [7, 11) is 0. The fourth-order valence-electron chi connectivity index (χ4n) is 10.3. The molecule has 0 heterocycles. The Kier molecular flexibility index (Phi) is 8.11. The molecule has 1 atom stereocenters. The van der Waals surface area contributed by atoms with Crippen LogP contribution in [0, 0.1) is 0 Å². The molecule has 2 aliphatic carbocycles. The molecule has 61 heavy (non-hydrogen) atoms. The van der Waals surface area contributed by atoms with E-state index in [0.717, 1.165) is 34.1 Å². The molecule has 10 aromatic carbocycles. The summed E-state index contributed by atoms with van der Waals surface area (Å²) >= 11 is 0. The van der Waals surface area contributed by atoms with Gasteiger partial charge in [-0.15, -0.1) is 0 Å². The second kappa shape index (κ2) is 14.1. The van der Waals surface area contributed by atoms with Gasteiger partial charge in [0.2, 0.25) is 0 Å². The van der Waals surface area contributed by atoms with Crippen molar-refractivity contribution in [2.75, 3.05) is 9.80 Å². The van der Waals surface area contributed by atoms with E-state index in [2.05, 4.69) is 252 Å². The zero-order valence-electron chi connectivity index (χ0n) is 33.5. The van der Waals surface area contributed by atoms with Crippen LogP contribution in [0.5, 0.6) is 0 Å². The molecule has 0 bridgehead atoms. The third kappa shape index (κ3) is 5.43. The van der Waals surface area contributed by atoms with E-state index >= 15 is 0 Å². The standard InChI is InChI=1S/C59H40N2/c1-4-18-41(19-5-1)43-22-16-27-46(38-43)61(58-33-17-21-42-20-10-11-28-49(42)58)48-35-37-53-51-30-13-15-32-55(51)59(57(53)40-48)54-31-14-12-29-50(54)52-36-34-47(39-56(52)59)60(44-23-6-2-7-24-44)45-25-8-3-9-26-45/h1-40H. The van der Waals surface area contributed by atoms with Crippen molar-refractivity contribution in [1.29, 1.82) is 0 Å². The number of para-hydroxylation sites is 2. The number of anilines is 6. The van der Waals surface area contributed by atoms with Crippen molar-refractivity contribution < 1.29 is 0 Å². The van der Waals surface area contributed by atoms with Gasteiger partial charge in [0, 0.05) is 33.8 Å². The number of hydrogen-bond donors (Lipinski definition) is 0. The average Bonchev–Trinajstić information content (AvgIpc) is 3.80. The molecule has 2 aliphatic rings. The summed E-state index contributed by atoms with van der Waals surface area (Å²) in [5.74, 6) is 0. The fourth-order valence-corrected chi connectivity index (χ4v) is 10.3. The first kappa shape index (κ1) is 35.0. The minimum absolute atomic E-state index is 0.556. The van der Waals surface area contributed by atoms with E-state index in [1.165, 1.54) is 66.4 Å². The lowest BCUT2D eigenvalue weighted by molar-refractivity contribution is 0.793. The van der Waals surface area contributed by atoms with Crippen LogP contribution in [0.25, 0.3) is 44.2 Å². The van der Waals surface area contributed by atoms with Crippen LogP contribution in [0.1, 0.15) is 22.3 Å². The molecule has 2 heteroatoms. The molecular weight excluding hydrogens is 737 g/mol. The Bertz CT molecular complexity index is 3210. The normalized spacial score (nSPS) is 14.3. The predicted octanol–water partition coefficient (Wildman–Crippen LogP) is 15.8. The molecule has 0 radical (unpaired) electrons. The minimum Gasteiger partial charge on any atom is -0.310 e. The van der Waals surface area contributed by atoms with Gasteiger partial charge in [-0.05, 0) is 128 Å². The third-order valence-corrected chi connectivity index (χ3v) is 12.8. The van der Waals surface area contributed by atoms with Gasteiger partial charge in [-0.2, -0.15) is 0 Å². The van der Waals surface area contributed by atoms with Crippen molar-refractivity contribution >= 4 is 44.9 Å². The molecule has 0 aliphatic heterocycles. The summed E-state index contributed by atoms with van der Waals surface area (Å²) in [6.07, 6.45) is 0. The second-order valence-corrected chi connectivity index (χ2v) is 16.1. The highest BCUT2D eigenvalue weighted by Crippen LogP contribution is 2.64. The van der Waals surface area contributed by atoms with Gasteiger partial charge in [0.25, 0.3) is 0 Å². The molecule has 0 N–H and O–H groups in total. The van der Waals surface area contributed by atoms with Crippen molar-refractivity contribution in [3.8, 4) is 33.4 Å². The highest BCUT2D eigenvalue weighted by atomic mass is 15.1. The van der Waals surface area contributed by atoms with Crippen LogP contribution in [0.4, 0.5) is 34.1 Å². The molecule has 0 saturated carbocycles. The van der Waals surface area contributed by atoms with Crippen molar-refractivity contribution in [2.24, 2.45) is 0 Å². The van der Waals surface area contributed by atoms with Crippen molar-refractivity contribution in [1.82, 2.24) is 0 Å². The van der Waals surface area contributed by atoms with Gasteiger partial charge in [-0.25, -0.2) is 0 Å². The minimum atomic E-state index is -0.556. The van der Waals surface area contributed by atoms with Crippen molar-refractivity contribution in [2.45, 2.75) is 5.41 Å². The maximum Gasteiger partial charge on any atom is 0.0727 e. The molecule has 0 saturated heterocycles. The Balaban J connectivity index is 1.13. The van der Waals surface area contributed by atoms with E-state index in [1.54, 1.807) is 0 Å². The van der Waals surface area contributed by atoms with Crippen LogP contribution in [0.15, 0.2) is 243 Å². The van der Waals surface area contributed by atoms with Gasteiger partial charge in [0.1, 0.15) is 0 Å². The fraction of sp³-hybridized carbons (Fsp3) is 0.0169. The van der Waals surface area contributed by atoms with Crippen molar-refractivity contribution in [3.63, 3.8) is 0 Å². The van der Waals surface area contributed by atoms with Crippen LogP contribution in [-0.2, 0) is 5.41 Å². The second-order valence-electron chi connectivity index (χ2n) is 16.1. The molecule has 286 valence electrons. The number of benzene rings is 10. The summed E-state index contributed by atoms with van der Waals surface area (Å²) < 4.78 is 0. The summed E-state index contributed by atoms with van der Waals surface area (Å²) in [5, 5.41) is 2.42. The number of nitrogens with zero attached hydrogens (tertiary/aromatic N) is 2. The predicted molar refractivity (Wildman–Crippen MR) is 255 cm³/mol. The lowest BCUT2D eigenvalue weighted by Gasteiger charge is -2.33. The van der Waals surface area contributed by atoms with Gasteiger partial charge < -0.3 is 9.80 Å². The number of hydrogen-bond acceptors (Lipinski definition) is 2. The molecule has 10 aromatic rings. The summed E-state index contributed by atoms with van der Waals surface area (Å²) in [4.78, 5) is 4.85. The first-order chi connectivity index (χ1) is 30.3. The van der Waals surface area contributed by atoms with Crippen LogP contribution in [0.2, 0.25) is 0 Å². The van der Waals surface area contributed by atoms with E-state index in [-0.39, 0.29) is 0 Å². The molecular formula is C59H40N2. The molecule has 12 rings (SSSR count). The van der Waals surface area contributed by atoms with E-state index < -0.39 is 5.41 Å². The van der Waals surface area contributed by atoms with Crippen LogP contribution in [-0.4, -0.2) is 0 Å². The monoisotopic (exact) mass is 776 g/mol. The Morgan fingerprint density at radius 1 is 0.262 bits per heavy atom. The SMILES string of the molecule is c1ccc(-c2cccc(N(c3ccc4c(c3)C3(c5ccccc5-c5ccc(N(c6ccccc6)c6ccccc6)cc53)c3ccccc3-4)c3cccc4ccccc34)c2)cc1. The van der Waals surface area contributed by atoms with Crippen LogP contribution < -0.4 is 9.80 Å². The Morgan fingerprint density at radius 3 is 1.34 bits per heavy atom. The van der Waals surface area contributed by atoms with Crippen molar-refractivity contribution in [3.05, 3.63) is 265 Å². The molecule has 0 amide bonds. The Labute approximate surface area is 356 Å². The first-order valence-corrected chi connectivity index (χ1v) is 21.1. The average molecular weight is 777 g/mol. The largest absolute Gasteiger partial charge is 0.310 e. The molecule has 1 spiro atoms. The smallest absolute Gasteiger partial charge is 0.0727 e. The third-order valence-electron chi connectivity index (χ3n) is 12.8. The van der Waals surface area contributed by atoms with E-state index in [0.29, 0.717) is 0 Å². The van der Waals surface area contributed by atoms with E-state index in [1.807, 2.05) is 0 Å². The van der Waals surface area contributed by atoms with Crippen LogP contribution >= 0.6 is 0 Å². The lowest BCUT2D eigenvalue weighted by atomic mass is 9.70. The summed E-state index contributed by atoms with van der Waals surface area (Å²) in [5.41, 5.74) is 18.9. The first-order valence-electron chi connectivity index (χ1n) is 21.1. The van der Waals surface area contributed by atoms with E-state index in [9.17, 15) is 0 Å². The molecule has 1 unspecified atom stereocenters. The zero-order valence-corrected chi connectivity index (χ0v) is 33.5. The quantitative estimate of drug-likeness (QED) is 0.159. The van der Waals surface area contributed by atoms with Gasteiger partial charge in [-0.3, -0.25) is 0 Å². The lowest BCUT2D eigenvalue weighted by Crippen LogP contribution is -2.26. The highest BCUT2D eigenvalue weighted by molar-refractivity contribution is 6.01. The summed E-state index contributed by atoms with van der Waals surface area (Å²) in [6, 6.07) is 89.1. The number of rotatable bonds is 7. The Hall–Kier alpha value is -7.94. The molecule has 0 fully saturated rings. The van der Waals surface area contributed by atoms with Crippen LogP contribution in [0.3, 0.4) is 0 Å². The zero-order chi connectivity index (χ0) is 40.3. The summed E-state index contributed by atoms with van der Waals surface area (Å²) in [6.45, 7) is 0. The highest BCUT2D eigenvalue weighted by Gasteiger charge is 2.52.